The monoisotopic (exact) mass is 385 g/mol. The number of nitrogen functional groups attached to an aromatic ring is 1. The van der Waals surface area contributed by atoms with E-state index in [0.717, 1.165) is 22.5 Å². The maximum absolute atomic E-state index is 12.6. The number of nitrogens with two attached hydrogens (primary N) is 1. The first kappa shape index (κ1) is 17.1. The number of nitrogens with zero attached hydrogens (tertiary/aromatic N) is 6. The molecule has 1 saturated heterocycles. The molecule has 0 unspecified atom stereocenters. The first-order chi connectivity index (χ1) is 13.0. The molecule has 0 radical (unpaired) electrons. The van der Waals surface area contributed by atoms with E-state index >= 15 is 0 Å². The number of amides is 1. The number of fused-ring (bicyclic) bond motifs is 1. The molecule has 0 atom stereocenters. The van der Waals surface area contributed by atoms with Crippen LogP contribution in [0.15, 0.2) is 30.6 Å². The summed E-state index contributed by atoms with van der Waals surface area (Å²) in [5.74, 6) is 0.966. The van der Waals surface area contributed by atoms with Crippen molar-refractivity contribution in [3.8, 4) is 0 Å². The summed E-state index contributed by atoms with van der Waals surface area (Å²) in [6.07, 6.45) is 1.45. The number of piperazine rings is 1. The zero-order valence-electron chi connectivity index (χ0n) is 14.1. The first-order valence-corrected chi connectivity index (χ1v) is 9.00. The standard InChI is InChI=1S/C16H15N7O3S/c17-12-3-1-10-14(20-12)18-9-19-15(10)21-5-7-22(8-6-21)16(24)11-2-4-13(27-11)23(25)26/h1-4,9H,5-8H2,(H2,17,18,19,20). The topological polar surface area (TPSA) is 131 Å². The first-order valence-electron chi connectivity index (χ1n) is 8.18. The molecular formula is C16H15N7O3S. The third-order valence-electron chi connectivity index (χ3n) is 4.35. The van der Waals surface area contributed by atoms with Crippen LogP contribution in [0, 0.1) is 10.1 Å². The lowest BCUT2D eigenvalue weighted by molar-refractivity contribution is -0.380. The molecule has 4 rings (SSSR count). The summed E-state index contributed by atoms with van der Waals surface area (Å²) >= 11 is 0.899. The predicted octanol–water partition coefficient (Wildman–Crippen LogP) is 1.54. The molecule has 0 aliphatic carbocycles. The molecule has 4 heterocycles. The van der Waals surface area contributed by atoms with Crippen LogP contribution in [0.1, 0.15) is 9.67 Å². The van der Waals surface area contributed by atoms with Gasteiger partial charge in [-0.3, -0.25) is 14.9 Å². The van der Waals surface area contributed by atoms with Crippen LogP contribution in [0.3, 0.4) is 0 Å². The Balaban J connectivity index is 1.49. The highest BCUT2D eigenvalue weighted by molar-refractivity contribution is 7.17. The fraction of sp³-hybridized carbons (Fsp3) is 0.250. The average molecular weight is 385 g/mol. The summed E-state index contributed by atoms with van der Waals surface area (Å²) in [5, 5.41) is 11.6. The number of pyridine rings is 1. The predicted molar refractivity (Wildman–Crippen MR) is 101 cm³/mol. The van der Waals surface area contributed by atoms with Crippen LogP contribution in [0.4, 0.5) is 16.6 Å². The summed E-state index contributed by atoms with van der Waals surface area (Å²) in [7, 11) is 0. The normalized spacial score (nSPS) is 14.5. The number of hydrogen-bond donors (Lipinski definition) is 1. The Bertz CT molecular complexity index is 1030. The van der Waals surface area contributed by atoms with Crippen LogP contribution in [0.5, 0.6) is 0 Å². The number of rotatable bonds is 3. The Morgan fingerprint density at radius 3 is 2.63 bits per heavy atom. The summed E-state index contributed by atoms with van der Waals surface area (Å²) < 4.78 is 0. The Morgan fingerprint density at radius 1 is 1.15 bits per heavy atom. The van der Waals surface area contributed by atoms with Crippen LogP contribution in [0.2, 0.25) is 0 Å². The number of hydrogen-bond acceptors (Lipinski definition) is 9. The Morgan fingerprint density at radius 2 is 1.93 bits per heavy atom. The number of thiophene rings is 1. The summed E-state index contributed by atoms with van der Waals surface area (Å²) in [6.45, 7) is 2.18. The van der Waals surface area contributed by atoms with Gasteiger partial charge in [0.15, 0.2) is 5.65 Å². The average Bonchev–Trinajstić information content (AvgIpc) is 3.17. The molecule has 0 spiro atoms. The van der Waals surface area contributed by atoms with Crippen LogP contribution in [-0.2, 0) is 0 Å². The van der Waals surface area contributed by atoms with Gasteiger partial charge in [0.05, 0.1) is 15.2 Å². The van der Waals surface area contributed by atoms with E-state index in [2.05, 4.69) is 19.9 Å². The molecule has 0 saturated carbocycles. The molecule has 27 heavy (non-hydrogen) atoms. The van der Waals surface area contributed by atoms with Crippen molar-refractivity contribution in [2.45, 2.75) is 0 Å². The number of anilines is 2. The second-order valence-corrected chi connectivity index (χ2v) is 7.04. The summed E-state index contributed by atoms with van der Waals surface area (Å²) in [6, 6.07) is 6.42. The smallest absolute Gasteiger partial charge is 0.324 e. The van der Waals surface area contributed by atoms with Gasteiger partial charge in [-0.2, -0.15) is 0 Å². The maximum atomic E-state index is 12.6. The molecule has 11 heteroatoms. The molecule has 10 nitrogen and oxygen atoms in total. The fourth-order valence-electron chi connectivity index (χ4n) is 3.01. The van der Waals surface area contributed by atoms with Crippen LogP contribution < -0.4 is 10.6 Å². The van der Waals surface area contributed by atoms with Crippen LogP contribution >= 0.6 is 11.3 Å². The lowest BCUT2D eigenvalue weighted by atomic mass is 10.2. The number of aromatic nitrogens is 3. The molecule has 1 aliphatic rings. The number of carbonyl (C=O) groups is 1. The van der Waals surface area contributed by atoms with E-state index in [0.29, 0.717) is 42.5 Å². The largest absolute Gasteiger partial charge is 0.384 e. The van der Waals surface area contributed by atoms with Gasteiger partial charge in [-0.15, -0.1) is 0 Å². The van der Waals surface area contributed by atoms with E-state index in [1.807, 2.05) is 6.07 Å². The van der Waals surface area contributed by atoms with Gasteiger partial charge < -0.3 is 15.5 Å². The van der Waals surface area contributed by atoms with Crippen molar-refractivity contribution in [3.63, 3.8) is 0 Å². The van der Waals surface area contributed by atoms with Crippen molar-refractivity contribution < 1.29 is 9.72 Å². The lowest BCUT2D eigenvalue weighted by Crippen LogP contribution is -2.49. The van der Waals surface area contributed by atoms with Crippen molar-refractivity contribution in [3.05, 3.63) is 45.6 Å². The lowest BCUT2D eigenvalue weighted by Gasteiger charge is -2.35. The van der Waals surface area contributed by atoms with Crippen molar-refractivity contribution in [2.75, 3.05) is 36.8 Å². The van der Waals surface area contributed by atoms with E-state index < -0.39 is 4.92 Å². The zero-order chi connectivity index (χ0) is 19.0. The third-order valence-corrected chi connectivity index (χ3v) is 5.37. The molecule has 1 amide bonds. The highest BCUT2D eigenvalue weighted by atomic mass is 32.1. The molecule has 2 N–H and O–H groups in total. The van der Waals surface area contributed by atoms with Crippen molar-refractivity contribution in [1.82, 2.24) is 19.9 Å². The Hall–Kier alpha value is -3.34. The highest BCUT2D eigenvalue weighted by Gasteiger charge is 2.26. The molecule has 0 aromatic carbocycles. The highest BCUT2D eigenvalue weighted by Crippen LogP contribution is 2.27. The Labute approximate surface area is 157 Å². The van der Waals surface area contributed by atoms with Gasteiger partial charge in [-0.05, 0) is 18.2 Å². The van der Waals surface area contributed by atoms with Crippen molar-refractivity contribution in [2.24, 2.45) is 0 Å². The minimum absolute atomic E-state index is 0.0313. The van der Waals surface area contributed by atoms with Gasteiger partial charge in [0.1, 0.15) is 18.0 Å². The van der Waals surface area contributed by atoms with E-state index in [4.69, 9.17) is 5.73 Å². The van der Waals surface area contributed by atoms with Gasteiger partial charge in [-0.25, -0.2) is 15.0 Å². The molecule has 1 fully saturated rings. The van der Waals surface area contributed by atoms with E-state index in [9.17, 15) is 14.9 Å². The van der Waals surface area contributed by atoms with E-state index in [1.54, 1.807) is 11.0 Å². The summed E-state index contributed by atoms with van der Waals surface area (Å²) in [5.41, 5.74) is 6.24. The summed E-state index contributed by atoms with van der Waals surface area (Å²) in [4.78, 5) is 39.8. The second kappa shape index (κ2) is 6.76. The molecule has 3 aromatic heterocycles. The number of carbonyl (C=O) groups excluding carboxylic acids is 1. The van der Waals surface area contributed by atoms with E-state index in [-0.39, 0.29) is 10.9 Å². The van der Waals surface area contributed by atoms with Crippen molar-refractivity contribution >= 4 is 44.9 Å². The number of nitro groups is 1. The maximum Gasteiger partial charge on any atom is 0.324 e. The third kappa shape index (κ3) is 3.24. The molecule has 138 valence electrons. The Kier molecular flexibility index (Phi) is 4.28. The van der Waals surface area contributed by atoms with Crippen LogP contribution in [0.25, 0.3) is 11.0 Å². The van der Waals surface area contributed by atoms with Gasteiger partial charge in [0.25, 0.3) is 5.91 Å². The molecule has 3 aromatic rings. The molecular weight excluding hydrogens is 370 g/mol. The molecule has 0 bridgehead atoms. The van der Waals surface area contributed by atoms with Gasteiger partial charge in [-0.1, -0.05) is 11.3 Å². The quantitative estimate of drug-likeness (QED) is 0.530. The molecule has 1 aliphatic heterocycles. The SMILES string of the molecule is Nc1ccc2c(N3CCN(C(=O)c4ccc([N+](=O)[O-])s4)CC3)ncnc2n1. The van der Waals surface area contributed by atoms with Gasteiger partial charge >= 0.3 is 5.00 Å². The second-order valence-electron chi connectivity index (χ2n) is 5.98. The van der Waals surface area contributed by atoms with E-state index in [1.165, 1.54) is 18.5 Å². The van der Waals surface area contributed by atoms with Gasteiger partial charge in [0.2, 0.25) is 0 Å². The van der Waals surface area contributed by atoms with Crippen LogP contribution in [-0.4, -0.2) is 56.9 Å². The minimum atomic E-state index is -0.486. The minimum Gasteiger partial charge on any atom is -0.384 e. The fourth-order valence-corrected chi connectivity index (χ4v) is 3.80. The van der Waals surface area contributed by atoms with Gasteiger partial charge in [0, 0.05) is 32.2 Å². The van der Waals surface area contributed by atoms with Crippen molar-refractivity contribution in [1.29, 1.82) is 0 Å². The zero-order valence-corrected chi connectivity index (χ0v) is 14.9.